The molecule has 46 heavy (non-hydrogen) atoms. The van der Waals surface area contributed by atoms with Gasteiger partial charge in [0.2, 0.25) is 11.8 Å². The van der Waals surface area contributed by atoms with Crippen LogP contribution in [0.4, 0.5) is 11.4 Å². The molecule has 0 bridgehead atoms. The number of benzene rings is 2. The Hall–Kier alpha value is -3.21. The van der Waals surface area contributed by atoms with E-state index in [4.69, 9.17) is 9.47 Å². The lowest BCUT2D eigenvalue weighted by molar-refractivity contribution is -0.149. The topological polar surface area (TPSA) is 99.6 Å². The van der Waals surface area contributed by atoms with Gasteiger partial charge in [0.05, 0.1) is 46.0 Å². The molecule has 4 aliphatic heterocycles. The number of hydrogen-bond donors (Lipinski definition) is 1. The largest absolute Gasteiger partial charge is 0.497 e. The average Bonchev–Trinajstić information content (AvgIpc) is 3.70. The van der Waals surface area contributed by atoms with Crippen LogP contribution in [-0.4, -0.2) is 81.8 Å². The SMILES string of the molecule is COc1ccc([Si](C)(C)[C@@H]2[C@@H](CC(=O)N3CCC[C@H]3CO)O[C@]3(C(=O)N(C)c4ccc(N5CCCCCCC5=O)cc43)[C@H]2C)cc1. The van der Waals surface area contributed by atoms with E-state index in [0.29, 0.717) is 19.5 Å². The Morgan fingerprint density at radius 1 is 1.04 bits per heavy atom. The van der Waals surface area contributed by atoms with Crippen LogP contribution in [-0.2, 0) is 24.7 Å². The molecule has 4 aliphatic rings. The van der Waals surface area contributed by atoms with Crippen LogP contribution in [0, 0.1) is 5.92 Å². The van der Waals surface area contributed by atoms with Gasteiger partial charge in [-0.15, -0.1) is 0 Å². The molecule has 0 aromatic heterocycles. The molecule has 5 atom stereocenters. The molecule has 10 heteroatoms. The number of carbonyl (C=O) groups is 3. The zero-order valence-corrected chi connectivity index (χ0v) is 29.0. The van der Waals surface area contributed by atoms with Crippen LogP contribution in [0.3, 0.4) is 0 Å². The van der Waals surface area contributed by atoms with Gasteiger partial charge >= 0.3 is 0 Å². The lowest BCUT2D eigenvalue weighted by Gasteiger charge is -2.37. The van der Waals surface area contributed by atoms with Crippen molar-refractivity contribution in [3.8, 4) is 5.75 Å². The van der Waals surface area contributed by atoms with Gasteiger partial charge in [0, 0.05) is 43.7 Å². The molecule has 3 fully saturated rings. The van der Waals surface area contributed by atoms with E-state index < -0.39 is 19.8 Å². The first-order chi connectivity index (χ1) is 22.0. The quantitative estimate of drug-likeness (QED) is 0.443. The van der Waals surface area contributed by atoms with Crippen molar-refractivity contribution in [1.82, 2.24) is 4.90 Å². The maximum Gasteiger partial charge on any atom is 0.264 e. The number of anilines is 2. The highest BCUT2D eigenvalue weighted by molar-refractivity contribution is 6.91. The first-order valence-corrected chi connectivity index (χ1v) is 20.1. The summed E-state index contributed by atoms with van der Waals surface area (Å²) in [5.74, 6) is 0.500. The van der Waals surface area contributed by atoms with Crippen LogP contribution in [0.25, 0.3) is 0 Å². The zero-order valence-electron chi connectivity index (χ0n) is 28.0. The Labute approximate surface area is 273 Å². The van der Waals surface area contributed by atoms with Crippen LogP contribution in [0.15, 0.2) is 42.5 Å². The smallest absolute Gasteiger partial charge is 0.264 e. The predicted molar refractivity (Wildman–Crippen MR) is 181 cm³/mol. The molecular weight excluding hydrogens is 598 g/mol. The summed E-state index contributed by atoms with van der Waals surface area (Å²) in [6, 6.07) is 13.9. The summed E-state index contributed by atoms with van der Waals surface area (Å²) in [5, 5.41) is 11.2. The molecule has 248 valence electrons. The minimum absolute atomic E-state index is 0.0330. The second-order valence-electron chi connectivity index (χ2n) is 14.2. The summed E-state index contributed by atoms with van der Waals surface area (Å²) in [4.78, 5) is 47.1. The van der Waals surface area contributed by atoms with Crippen molar-refractivity contribution in [3.63, 3.8) is 0 Å². The second kappa shape index (κ2) is 12.8. The Morgan fingerprint density at radius 2 is 1.78 bits per heavy atom. The number of nitrogens with zero attached hydrogens (tertiary/aromatic N) is 3. The Balaban J connectivity index is 1.43. The van der Waals surface area contributed by atoms with Crippen molar-refractivity contribution < 1.29 is 29.0 Å². The number of amides is 3. The molecule has 3 saturated heterocycles. The van der Waals surface area contributed by atoms with Crippen molar-refractivity contribution in [2.45, 2.75) is 94.7 Å². The molecule has 9 nitrogen and oxygen atoms in total. The molecule has 0 radical (unpaired) electrons. The van der Waals surface area contributed by atoms with E-state index >= 15 is 0 Å². The predicted octanol–water partition coefficient (Wildman–Crippen LogP) is 4.56. The molecule has 2 aromatic carbocycles. The number of aliphatic hydroxyl groups is 1. The standard InChI is InChI=1S/C36H49N3O6Si/c1-24-34(46(4,5)28-16-14-27(44-3)15-17-28)31(22-33(42)39-20-10-11-26(39)23-40)45-36(24)29-21-25(13-18-30(29)37(2)35(36)43)38-19-9-7-6-8-12-32(38)41/h13-18,21,24,26,31,34,40H,6-12,19-20,22-23H2,1-5H3/t24-,26-,31+,34-,36+/m0/s1. The highest BCUT2D eigenvalue weighted by Crippen LogP contribution is 2.60. The van der Waals surface area contributed by atoms with Gasteiger partial charge in [-0.25, -0.2) is 0 Å². The normalized spacial score (nSPS) is 28.5. The number of rotatable bonds is 7. The number of ether oxygens (including phenoxy) is 2. The first-order valence-electron chi connectivity index (χ1n) is 17.0. The molecule has 4 heterocycles. The van der Waals surface area contributed by atoms with E-state index in [0.717, 1.165) is 61.2 Å². The lowest BCUT2D eigenvalue weighted by Crippen LogP contribution is -2.52. The van der Waals surface area contributed by atoms with Crippen LogP contribution in [0.1, 0.15) is 63.9 Å². The van der Waals surface area contributed by atoms with Gasteiger partial charge in [0.1, 0.15) is 5.75 Å². The number of aliphatic hydroxyl groups excluding tert-OH is 1. The average molecular weight is 648 g/mol. The van der Waals surface area contributed by atoms with E-state index in [1.165, 1.54) is 5.19 Å². The minimum Gasteiger partial charge on any atom is -0.497 e. The van der Waals surface area contributed by atoms with Crippen LogP contribution >= 0.6 is 0 Å². The van der Waals surface area contributed by atoms with Gasteiger partial charge in [-0.2, -0.15) is 0 Å². The maximum atomic E-state index is 14.5. The zero-order chi connectivity index (χ0) is 32.8. The van der Waals surface area contributed by atoms with Crippen molar-refractivity contribution in [2.75, 3.05) is 43.7 Å². The van der Waals surface area contributed by atoms with E-state index in [1.807, 2.05) is 35.2 Å². The van der Waals surface area contributed by atoms with Gasteiger partial charge in [-0.1, -0.05) is 50.2 Å². The summed E-state index contributed by atoms with van der Waals surface area (Å²) in [5.41, 5.74) is 1.02. The monoisotopic (exact) mass is 647 g/mol. The Kier molecular flexibility index (Phi) is 9.08. The molecular formula is C36H49N3O6Si. The van der Waals surface area contributed by atoms with E-state index in [-0.39, 0.29) is 48.3 Å². The molecule has 0 saturated carbocycles. The molecule has 0 aliphatic carbocycles. The van der Waals surface area contributed by atoms with Crippen molar-refractivity contribution in [3.05, 3.63) is 48.0 Å². The van der Waals surface area contributed by atoms with Gasteiger partial charge in [0.25, 0.3) is 5.91 Å². The fraction of sp³-hybridized carbons (Fsp3) is 0.583. The van der Waals surface area contributed by atoms with Crippen molar-refractivity contribution >= 4 is 42.4 Å². The molecule has 0 unspecified atom stereocenters. The molecule has 3 amide bonds. The van der Waals surface area contributed by atoms with Crippen LogP contribution < -0.4 is 19.7 Å². The molecule has 1 spiro atoms. The third kappa shape index (κ3) is 5.36. The highest BCUT2D eigenvalue weighted by atomic mass is 28.3. The Morgan fingerprint density at radius 3 is 2.50 bits per heavy atom. The van der Waals surface area contributed by atoms with E-state index in [9.17, 15) is 19.5 Å². The molecule has 2 aromatic rings. The van der Waals surface area contributed by atoms with Crippen molar-refractivity contribution in [2.24, 2.45) is 5.92 Å². The van der Waals surface area contributed by atoms with E-state index in [1.54, 1.807) is 24.0 Å². The fourth-order valence-corrected chi connectivity index (χ4v) is 12.9. The third-order valence-electron chi connectivity index (χ3n) is 11.4. The molecule has 6 rings (SSSR count). The van der Waals surface area contributed by atoms with Crippen LogP contribution in [0.2, 0.25) is 18.6 Å². The van der Waals surface area contributed by atoms with Gasteiger partial charge in [-0.05, 0) is 61.6 Å². The minimum atomic E-state index is -2.41. The Bertz CT molecular complexity index is 1480. The molecule has 1 N–H and O–H groups in total. The number of likely N-dealkylation sites (tertiary alicyclic amines) is 1. The number of methoxy groups -OCH3 is 1. The fourth-order valence-electron chi connectivity index (χ4n) is 8.85. The summed E-state index contributed by atoms with van der Waals surface area (Å²) < 4.78 is 12.6. The highest BCUT2D eigenvalue weighted by Gasteiger charge is 2.66. The van der Waals surface area contributed by atoms with Crippen molar-refractivity contribution in [1.29, 1.82) is 0 Å². The number of hydrogen-bond acceptors (Lipinski definition) is 6. The first kappa shape index (κ1) is 32.7. The number of carbonyl (C=O) groups excluding carboxylic acids is 3. The lowest BCUT2D eigenvalue weighted by atomic mass is 9.82. The van der Waals surface area contributed by atoms with Gasteiger partial charge in [0.15, 0.2) is 5.60 Å². The van der Waals surface area contributed by atoms with Gasteiger partial charge < -0.3 is 29.3 Å². The number of likely N-dealkylation sites (N-methyl/N-ethyl adjacent to an activating group) is 1. The van der Waals surface area contributed by atoms with E-state index in [2.05, 4.69) is 32.2 Å². The summed E-state index contributed by atoms with van der Waals surface area (Å²) >= 11 is 0. The summed E-state index contributed by atoms with van der Waals surface area (Å²) in [6.45, 7) is 7.96. The maximum absolute atomic E-state index is 14.5. The van der Waals surface area contributed by atoms with Crippen LogP contribution in [0.5, 0.6) is 5.75 Å². The number of fused-ring (bicyclic) bond motifs is 2. The third-order valence-corrected chi connectivity index (χ3v) is 15.7. The summed E-state index contributed by atoms with van der Waals surface area (Å²) in [6.07, 6.45) is 5.83. The second-order valence-corrected chi connectivity index (χ2v) is 18.9. The van der Waals surface area contributed by atoms with Gasteiger partial charge in [-0.3, -0.25) is 14.4 Å². The summed E-state index contributed by atoms with van der Waals surface area (Å²) in [7, 11) is 1.04.